The second kappa shape index (κ2) is 5.34. The van der Waals surface area contributed by atoms with Gasteiger partial charge in [0.25, 0.3) is 0 Å². The molecule has 2 N–H and O–H groups in total. The van der Waals surface area contributed by atoms with E-state index in [9.17, 15) is 5.11 Å². The fraction of sp³-hybridized carbons (Fsp3) is 0.400. The lowest BCUT2D eigenvalue weighted by molar-refractivity contribution is 0.469. The lowest BCUT2D eigenvalue weighted by Crippen LogP contribution is -2.06. The molecule has 4 nitrogen and oxygen atoms in total. The molecule has 102 valence electrons. The van der Waals surface area contributed by atoms with Crippen LogP contribution in [0.15, 0.2) is 24.3 Å². The predicted octanol–water partition coefficient (Wildman–Crippen LogP) is 3.40. The Bertz CT molecular complexity index is 573. The summed E-state index contributed by atoms with van der Waals surface area (Å²) < 4.78 is 2.02. The summed E-state index contributed by atoms with van der Waals surface area (Å²) in [5.74, 6) is 0.321. The fourth-order valence-electron chi connectivity index (χ4n) is 2.27. The van der Waals surface area contributed by atoms with Gasteiger partial charge in [0.2, 0.25) is 0 Å². The van der Waals surface area contributed by atoms with Crippen molar-refractivity contribution in [2.24, 2.45) is 0 Å². The monoisotopic (exact) mass is 259 g/mol. The number of hydrogen-bond acceptors (Lipinski definition) is 3. The maximum Gasteiger partial charge on any atom is 0.120 e. The quantitative estimate of drug-likeness (QED) is 0.884. The van der Waals surface area contributed by atoms with Crippen molar-refractivity contribution in [1.29, 1.82) is 0 Å². The van der Waals surface area contributed by atoms with Crippen LogP contribution in [0.5, 0.6) is 5.75 Å². The van der Waals surface area contributed by atoms with Gasteiger partial charge in [0.15, 0.2) is 0 Å². The van der Waals surface area contributed by atoms with E-state index in [4.69, 9.17) is 0 Å². The molecular formula is C15H21N3O. The number of phenolic OH excluding ortho intramolecular Hbond substituents is 1. The molecule has 0 radical (unpaired) electrons. The highest BCUT2D eigenvalue weighted by molar-refractivity contribution is 5.53. The summed E-state index contributed by atoms with van der Waals surface area (Å²) in [7, 11) is 0. The molecule has 0 fully saturated rings. The van der Waals surface area contributed by atoms with E-state index < -0.39 is 0 Å². The van der Waals surface area contributed by atoms with Crippen LogP contribution in [0, 0.1) is 13.8 Å². The Morgan fingerprint density at radius 1 is 1.26 bits per heavy atom. The van der Waals surface area contributed by atoms with Crippen molar-refractivity contribution in [2.45, 2.75) is 40.3 Å². The molecule has 0 aliphatic heterocycles. The molecule has 0 atom stereocenters. The molecule has 1 aromatic heterocycles. The first-order valence-corrected chi connectivity index (χ1v) is 6.57. The smallest absolute Gasteiger partial charge is 0.120 e. The van der Waals surface area contributed by atoms with Gasteiger partial charge in [-0.25, -0.2) is 0 Å². The van der Waals surface area contributed by atoms with Crippen molar-refractivity contribution in [3.05, 3.63) is 41.2 Å². The molecule has 1 heterocycles. The molecule has 0 saturated heterocycles. The number of hydrogen-bond donors (Lipinski definition) is 2. The molecule has 0 amide bonds. The summed E-state index contributed by atoms with van der Waals surface area (Å²) in [6, 6.07) is 7.72. The standard InChI is InChI=1S/C15H21N3O/c1-10(2)18-12(4)15(11(3)17-18)16-9-13-7-5-6-8-14(13)19/h5-8,10,16,19H,9H2,1-4H3. The highest BCUT2D eigenvalue weighted by Gasteiger charge is 2.13. The first-order chi connectivity index (χ1) is 9.00. The zero-order chi connectivity index (χ0) is 14.0. The second-order valence-corrected chi connectivity index (χ2v) is 5.07. The van der Waals surface area contributed by atoms with Gasteiger partial charge in [-0.1, -0.05) is 18.2 Å². The van der Waals surface area contributed by atoms with Crippen LogP contribution in [0.25, 0.3) is 0 Å². The van der Waals surface area contributed by atoms with E-state index in [-0.39, 0.29) is 0 Å². The van der Waals surface area contributed by atoms with Gasteiger partial charge in [-0.15, -0.1) is 0 Å². The molecule has 0 bridgehead atoms. The van der Waals surface area contributed by atoms with Gasteiger partial charge in [-0.05, 0) is 33.8 Å². The Kier molecular flexibility index (Phi) is 3.79. The zero-order valence-electron chi connectivity index (χ0n) is 11.9. The molecule has 19 heavy (non-hydrogen) atoms. The lowest BCUT2D eigenvalue weighted by atomic mass is 10.2. The Labute approximate surface area is 114 Å². The minimum atomic E-state index is 0.321. The van der Waals surface area contributed by atoms with E-state index in [2.05, 4.69) is 31.2 Å². The number of nitrogens with one attached hydrogen (secondary N) is 1. The number of anilines is 1. The lowest BCUT2D eigenvalue weighted by Gasteiger charge is -2.10. The number of para-hydroxylation sites is 1. The molecule has 4 heteroatoms. The van der Waals surface area contributed by atoms with Gasteiger partial charge >= 0.3 is 0 Å². The van der Waals surface area contributed by atoms with Crippen molar-refractivity contribution in [1.82, 2.24) is 9.78 Å². The first-order valence-electron chi connectivity index (χ1n) is 6.57. The Morgan fingerprint density at radius 3 is 2.53 bits per heavy atom. The number of nitrogens with zero attached hydrogens (tertiary/aromatic N) is 2. The molecule has 0 spiro atoms. The van der Waals surface area contributed by atoms with Gasteiger partial charge in [-0.2, -0.15) is 5.10 Å². The maximum absolute atomic E-state index is 9.76. The number of rotatable bonds is 4. The van der Waals surface area contributed by atoms with Gasteiger partial charge in [-0.3, -0.25) is 4.68 Å². The van der Waals surface area contributed by atoms with E-state index in [1.165, 1.54) is 0 Å². The SMILES string of the molecule is Cc1nn(C(C)C)c(C)c1NCc1ccccc1O. The van der Waals surface area contributed by atoms with Crippen LogP contribution in [0.3, 0.4) is 0 Å². The number of aromatic hydroxyl groups is 1. The van der Waals surface area contributed by atoms with Crippen molar-refractivity contribution in [2.75, 3.05) is 5.32 Å². The van der Waals surface area contributed by atoms with E-state index in [1.54, 1.807) is 6.07 Å². The van der Waals surface area contributed by atoms with E-state index in [0.29, 0.717) is 18.3 Å². The summed E-state index contributed by atoms with van der Waals surface area (Å²) in [5.41, 5.74) is 4.06. The van der Waals surface area contributed by atoms with Gasteiger partial charge in [0.1, 0.15) is 5.75 Å². The molecule has 2 aromatic rings. The normalized spacial score (nSPS) is 11.0. The molecule has 2 rings (SSSR count). The van der Waals surface area contributed by atoms with Crippen LogP contribution >= 0.6 is 0 Å². The van der Waals surface area contributed by atoms with Crippen LogP contribution in [0.1, 0.15) is 36.8 Å². The van der Waals surface area contributed by atoms with Crippen LogP contribution in [0.4, 0.5) is 5.69 Å². The second-order valence-electron chi connectivity index (χ2n) is 5.07. The summed E-state index contributed by atoms with van der Waals surface area (Å²) in [6.45, 7) is 8.89. The average Bonchev–Trinajstić information content (AvgIpc) is 2.65. The number of aryl methyl sites for hydroxylation is 1. The predicted molar refractivity (Wildman–Crippen MR) is 77.5 cm³/mol. The maximum atomic E-state index is 9.76. The summed E-state index contributed by atoms with van der Waals surface area (Å²) in [4.78, 5) is 0. The largest absolute Gasteiger partial charge is 0.508 e. The summed E-state index contributed by atoms with van der Waals surface area (Å²) in [5, 5.41) is 17.7. The van der Waals surface area contributed by atoms with Gasteiger partial charge in [0, 0.05) is 18.2 Å². The van der Waals surface area contributed by atoms with E-state index in [1.807, 2.05) is 29.8 Å². The molecule has 0 aliphatic carbocycles. The van der Waals surface area contributed by atoms with E-state index >= 15 is 0 Å². The van der Waals surface area contributed by atoms with Crippen molar-refractivity contribution >= 4 is 5.69 Å². The molecule has 1 aromatic carbocycles. The van der Waals surface area contributed by atoms with Crippen molar-refractivity contribution < 1.29 is 5.11 Å². The van der Waals surface area contributed by atoms with Gasteiger partial charge < -0.3 is 10.4 Å². The third kappa shape index (κ3) is 2.72. The molecule has 0 saturated carbocycles. The number of benzene rings is 1. The van der Waals surface area contributed by atoms with Crippen LogP contribution in [0.2, 0.25) is 0 Å². The van der Waals surface area contributed by atoms with Crippen LogP contribution < -0.4 is 5.32 Å². The molecular weight excluding hydrogens is 238 g/mol. The molecule has 0 unspecified atom stereocenters. The first kappa shape index (κ1) is 13.5. The summed E-state index contributed by atoms with van der Waals surface area (Å²) >= 11 is 0. The Hall–Kier alpha value is -1.97. The number of phenols is 1. The molecule has 0 aliphatic rings. The highest BCUT2D eigenvalue weighted by Crippen LogP contribution is 2.24. The third-order valence-electron chi connectivity index (χ3n) is 3.26. The minimum absolute atomic E-state index is 0.321. The fourth-order valence-corrected chi connectivity index (χ4v) is 2.27. The van der Waals surface area contributed by atoms with Crippen LogP contribution in [-0.4, -0.2) is 14.9 Å². The van der Waals surface area contributed by atoms with Crippen molar-refractivity contribution in [3.63, 3.8) is 0 Å². The van der Waals surface area contributed by atoms with Crippen molar-refractivity contribution in [3.8, 4) is 5.75 Å². The number of aromatic nitrogens is 2. The Balaban J connectivity index is 2.19. The third-order valence-corrected chi connectivity index (χ3v) is 3.26. The minimum Gasteiger partial charge on any atom is -0.508 e. The zero-order valence-corrected chi connectivity index (χ0v) is 11.9. The average molecular weight is 259 g/mol. The highest BCUT2D eigenvalue weighted by atomic mass is 16.3. The Morgan fingerprint density at radius 2 is 1.95 bits per heavy atom. The topological polar surface area (TPSA) is 50.1 Å². The van der Waals surface area contributed by atoms with Crippen LogP contribution in [-0.2, 0) is 6.54 Å². The van der Waals surface area contributed by atoms with E-state index in [0.717, 1.165) is 22.6 Å². The van der Waals surface area contributed by atoms with Gasteiger partial charge in [0.05, 0.1) is 17.1 Å². The summed E-state index contributed by atoms with van der Waals surface area (Å²) in [6.07, 6.45) is 0.